The molecule has 20 heavy (non-hydrogen) atoms. The normalized spacial score (nSPS) is 11.4. The number of nitrogens with one attached hydrogen (secondary N) is 1. The summed E-state index contributed by atoms with van der Waals surface area (Å²) in [5.41, 5.74) is -0.661. The number of halogens is 5. The molecule has 0 fully saturated rings. The average molecular weight is 323 g/mol. The van der Waals surface area contributed by atoms with Crippen LogP contribution in [-0.4, -0.2) is 15.0 Å². The molecular formula is C11H7Cl2F3N4. The standard InChI is InChI=1S/C11H7Cl2F3N4/c12-8-18-9(13)20-10(19-8)17-5-6-3-1-2-4-7(6)11(14,15)16/h1-4H,5H2,(H,17,18,19,20). The fraction of sp³-hybridized carbons (Fsp3) is 0.182. The molecule has 0 saturated heterocycles. The van der Waals surface area contributed by atoms with Crippen LogP contribution in [0.4, 0.5) is 19.1 Å². The lowest BCUT2D eigenvalue weighted by Gasteiger charge is -2.13. The highest BCUT2D eigenvalue weighted by molar-refractivity contribution is 6.31. The fourth-order valence-electron chi connectivity index (χ4n) is 1.53. The first-order valence-electron chi connectivity index (χ1n) is 5.32. The van der Waals surface area contributed by atoms with E-state index in [4.69, 9.17) is 23.2 Å². The van der Waals surface area contributed by atoms with Crippen molar-refractivity contribution in [3.05, 3.63) is 46.0 Å². The maximum absolute atomic E-state index is 12.8. The molecule has 0 saturated carbocycles. The van der Waals surface area contributed by atoms with E-state index in [-0.39, 0.29) is 28.6 Å². The third-order valence-corrected chi connectivity index (χ3v) is 2.68. The molecule has 2 aromatic rings. The molecule has 0 aliphatic heterocycles. The van der Waals surface area contributed by atoms with E-state index in [1.165, 1.54) is 18.2 Å². The molecule has 2 rings (SSSR count). The summed E-state index contributed by atoms with van der Waals surface area (Å²) in [5, 5.41) is 2.34. The van der Waals surface area contributed by atoms with Gasteiger partial charge in [0.2, 0.25) is 16.5 Å². The molecular weight excluding hydrogens is 316 g/mol. The Kier molecular flexibility index (Phi) is 4.29. The molecule has 0 radical (unpaired) electrons. The van der Waals surface area contributed by atoms with Gasteiger partial charge in [-0.3, -0.25) is 0 Å². The van der Waals surface area contributed by atoms with Gasteiger partial charge in [-0.05, 0) is 34.8 Å². The number of rotatable bonds is 3. The van der Waals surface area contributed by atoms with Gasteiger partial charge in [0.1, 0.15) is 0 Å². The van der Waals surface area contributed by atoms with Crippen LogP contribution in [0.3, 0.4) is 0 Å². The summed E-state index contributed by atoms with van der Waals surface area (Å²) in [6.45, 7) is -0.119. The Morgan fingerprint density at radius 2 is 1.60 bits per heavy atom. The predicted molar refractivity (Wildman–Crippen MR) is 68.6 cm³/mol. The van der Waals surface area contributed by atoms with Crippen LogP contribution in [0, 0.1) is 0 Å². The van der Waals surface area contributed by atoms with Gasteiger partial charge in [0.15, 0.2) is 0 Å². The molecule has 1 N–H and O–H groups in total. The molecule has 0 atom stereocenters. The quantitative estimate of drug-likeness (QED) is 0.933. The molecule has 0 amide bonds. The summed E-state index contributed by atoms with van der Waals surface area (Å²) in [6, 6.07) is 5.20. The second-order valence-corrected chi connectivity index (χ2v) is 4.38. The number of hydrogen-bond acceptors (Lipinski definition) is 4. The van der Waals surface area contributed by atoms with E-state index in [2.05, 4.69) is 20.3 Å². The van der Waals surface area contributed by atoms with Crippen molar-refractivity contribution in [1.29, 1.82) is 0 Å². The van der Waals surface area contributed by atoms with Crippen molar-refractivity contribution >= 4 is 29.2 Å². The van der Waals surface area contributed by atoms with Gasteiger partial charge in [-0.25, -0.2) is 0 Å². The monoisotopic (exact) mass is 322 g/mol. The van der Waals surface area contributed by atoms with Gasteiger partial charge in [0, 0.05) is 6.54 Å². The van der Waals surface area contributed by atoms with E-state index >= 15 is 0 Å². The Bertz CT molecular complexity index is 599. The largest absolute Gasteiger partial charge is 0.416 e. The van der Waals surface area contributed by atoms with Gasteiger partial charge in [-0.2, -0.15) is 28.1 Å². The highest BCUT2D eigenvalue weighted by Crippen LogP contribution is 2.32. The van der Waals surface area contributed by atoms with Crippen LogP contribution in [0.2, 0.25) is 10.6 Å². The van der Waals surface area contributed by atoms with Crippen LogP contribution < -0.4 is 5.32 Å². The van der Waals surface area contributed by atoms with E-state index in [0.29, 0.717) is 0 Å². The first-order chi connectivity index (χ1) is 9.36. The van der Waals surface area contributed by atoms with Gasteiger partial charge in [0.05, 0.1) is 5.56 Å². The van der Waals surface area contributed by atoms with Crippen LogP contribution in [0.15, 0.2) is 24.3 Å². The molecule has 0 aliphatic carbocycles. The average Bonchev–Trinajstić information content (AvgIpc) is 2.34. The van der Waals surface area contributed by atoms with Gasteiger partial charge in [0.25, 0.3) is 0 Å². The smallest absolute Gasteiger partial charge is 0.350 e. The van der Waals surface area contributed by atoms with Crippen molar-refractivity contribution in [3.63, 3.8) is 0 Å². The van der Waals surface area contributed by atoms with Gasteiger partial charge in [-0.1, -0.05) is 18.2 Å². The number of nitrogens with zero attached hydrogens (tertiary/aromatic N) is 3. The van der Waals surface area contributed by atoms with Crippen molar-refractivity contribution in [1.82, 2.24) is 15.0 Å². The maximum Gasteiger partial charge on any atom is 0.416 e. The van der Waals surface area contributed by atoms with Crippen LogP contribution in [0.25, 0.3) is 0 Å². The predicted octanol–water partition coefficient (Wildman–Crippen LogP) is 3.81. The van der Waals surface area contributed by atoms with E-state index in [1.54, 1.807) is 0 Å². The number of hydrogen-bond donors (Lipinski definition) is 1. The molecule has 1 heterocycles. The van der Waals surface area contributed by atoms with Crippen LogP contribution in [0.5, 0.6) is 0 Å². The van der Waals surface area contributed by atoms with E-state index in [1.807, 2.05) is 0 Å². The summed E-state index contributed by atoms with van der Waals surface area (Å²) in [6.07, 6.45) is -4.42. The molecule has 9 heteroatoms. The zero-order valence-electron chi connectivity index (χ0n) is 9.75. The minimum atomic E-state index is -4.42. The van der Waals surface area contributed by atoms with Crippen molar-refractivity contribution in [2.24, 2.45) is 0 Å². The Morgan fingerprint density at radius 3 is 2.20 bits per heavy atom. The zero-order valence-corrected chi connectivity index (χ0v) is 11.3. The Labute approximate surface area is 122 Å². The van der Waals surface area contributed by atoms with Crippen molar-refractivity contribution in [2.75, 3.05) is 5.32 Å². The summed E-state index contributed by atoms with van der Waals surface area (Å²) in [7, 11) is 0. The number of benzene rings is 1. The lowest BCUT2D eigenvalue weighted by atomic mass is 10.1. The van der Waals surface area contributed by atoms with Gasteiger partial charge < -0.3 is 5.32 Å². The summed E-state index contributed by atoms with van der Waals surface area (Å²) in [4.78, 5) is 10.9. The molecule has 0 aliphatic rings. The van der Waals surface area contributed by atoms with Gasteiger partial charge >= 0.3 is 6.18 Å². The van der Waals surface area contributed by atoms with E-state index in [0.717, 1.165) is 6.07 Å². The van der Waals surface area contributed by atoms with E-state index in [9.17, 15) is 13.2 Å². The molecule has 106 valence electrons. The Balaban J connectivity index is 2.19. The molecule has 0 spiro atoms. The zero-order chi connectivity index (χ0) is 14.8. The number of alkyl halides is 3. The molecule has 4 nitrogen and oxygen atoms in total. The minimum Gasteiger partial charge on any atom is -0.350 e. The van der Waals surface area contributed by atoms with Crippen LogP contribution in [-0.2, 0) is 12.7 Å². The fourth-order valence-corrected chi connectivity index (χ4v) is 1.89. The molecule has 1 aromatic heterocycles. The van der Waals surface area contributed by atoms with Crippen molar-refractivity contribution in [3.8, 4) is 0 Å². The highest BCUT2D eigenvalue weighted by Gasteiger charge is 2.32. The molecule has 0 unspecified atom stereocenters. The van der Waals surface area contributed by atoms with Crippen LogP contribution in [0.1, 0.15) is 11.1 Å². The Morgan fingerprint density at radius 1 is 1.00 bits per heavy atom. The summed E-state index contributed by atoms with van der Waals surface area (Å²) < 4.78 is 38.4. The first kappa shape index (κ1) is 14.8. The first-order valence-corrected chi connectivity index (χ1v) is 6.08. The lowest BCUT2D eigenvalue weighted by molar-refractivity contribution is -0.138. The summed E-state index contributed by atoms with van der Waals surface area (Å²) in [5.74, 6) is 0.00646. The third kappa shape index (κ3) is 3.71. The van der Waals surface area contributed by atoms with Crippen molar-refractivity contribution in [2.45, 2.75) is 12.7 Å². The second-order valence-electron chi connectivity index (χ2n) is 3.71. The van der Waals surface area contributed by atoms with Crippen molar-refractivity contribution < 1.29 is 13.2 Å². The Hall–Kier alpha value is -1.60. The van der Waals surface area contributed by atoms with Gasteiger partial charge in [-0.15, -0.1) is 0 Å². The topological polar surface area (TPSA) is 50.7 Å². The SMILES string of the molecule is FC(F)(F)c1ccccc1CNc1nc(Cl)nc(Cl)n1. The number of anilines is 1. The second kappa shape index (κ2) is 5.80. The summed E-state index contributed by atoms with van der Waals surface area (Å²) >= 11 is 11.1. The van der Waals surface area contributed by atoms with Crippen LogP contribution >= 0.6 is 23.2 Å². The lowest BCUT2D eigenvalue weighted by Crippen LogP contribution is -2.12. The molecule has 1 aromatic carbocycles. The third-order valence-electron chi connectivity index (χ3n) is 2.34. The molecule has 0 bridgehead atoms. The van der Waals surface area contributed by atoms with E-state index < -0.39 is 11.7 Å². The number of aromatic nitrogens is 3. The maximum atomic E-state index is 12.8. The minimum absolute atomic E-state index is 0.00646. The highest BCUT2D eigenvalue weighted by atomic mass is 35.5.